The first kappa shape index (κ1) is 13.1. The minimum atomic E-state index is -3.75. The van der Waals surface area contributed by atoms with Gasteiger partial charge in [-0.15, -0.1) is 0 Å². The highest BCUT2D eigenvalue weighted by Crippen LogP contribution is 2.26. The third kappa shape index (κ3) is 2.41. The molecule has 20 heavy (non-hydrogen) atoms. The number of para-hydroxylation sites is 1. The van der Waals surface area contributed by atoms with Crippen molar-refractivity contribution in [1.82, 2.24) is 0 Å². The van der Waals surface area contributed by atoms with Crippen LogP contribution < -0.4 is 4.72 Å². The van der Waals surface area contributed by atoms with Gasteiger partial charge in [0, 0.05) is 0 Å². The molecule has 3 rings (SSSR count). The lowest BCUT2D eigenvalue weighted by molar-refractivity contribution is 0.598. The summed E-state index contributed by atoms with van der Waals surface area (Å²) in [6.07, 6.45) is 2.95. The van der Waals surface area contributed by atoms with E-state index in [0.717, 1.165) is 24.8 Å². The minimum Gasteiger partial charge on any atom is -0.277 e. The van der Waals surface area contributed by atoms with Gasteiger partial charge in [-0.05, 0) is 54.7 Å². The topological polar surface area (TPSA) is 46.2 Å². The Kier molecular flexibility index (Phi) is 3.22. The largest absolute Gasteiger partial charge is 0.277 e. The van der Waals surface area contributed by atoms with Crippen LogP contribution in [0.5, 0.6) is 0 Å². The molecule has 2 aromatic rings. The Labute approximate surface area is 117 Å². The van der Waals surface area contributed by atoms with Gasteiger partial charge in [0.1, 0.15) is 5.82 Å². The van der Waals surface area contributed by atoms with Crippen LogP contribution in [0.2, 0.25) is 0 Å². The van der Waals surface area contributed by atoms with Crippen LogP contribution in [0.3, 0.4) is 0 Å². The van der Waals surface area contributed by atoms with Crippen molar-refractivity contribution in [3.05, 3.63) is 59.4 Å². The van der Waals surface area contributed by atoms with Crippen LogP contribution in [0.1, 0.15) is 17.5 Å². The molecule has 0 bridgehead atoms. The Bertz CT molecular complexity index is 756. The lowest BCUT2D eigenvalue weighted by atomic mass is 10.1. The minimum absolute atomic E-state index is 0.0343. The number of aryl methyl sites for hydroxylation is 2. The SMILES string of the molecule is O=S(=O)(Nc1ccccc1F)c1ccc2c(c1)CCC2. The highest BCUT2D eigenvalue weighted by molar-refractivity contribution is 7.92. The highest BCUT2D eigenvalue weighted by Gasteiger charge is 2.19. The van der Waals surface area contributed by atoms with Gasteiger partial charge in [0.25, 0.3) is 10.0 Å². The normalized spacial score (nSPS) is 14.1. The van der Waals surface area contributed by atoms with E-state index in [-0.39, 0.29) is 10.6 Å². The van der Waals surface area contributed by atoms with E-state index in [1.807, 2.05) is 6.07 Å². The third-order valence-electron chi connectivity index (χ3n) is 3.50. The summed E-state index contributed by atoms with van der Waals surface area (Å²) >= 11 is 0. The molecule has 104 valence electrons. The molecular weight excluding hydrogens is 277 g/mol. The molecule has 1 aliphatic carbocycles. The number of anilines is 1. The maximum atomic E-state index is 13.5. The molecule has 3 nitrogen and oxygen atoms in total. The van der Waals surface area contributed by atoms with Gasteiger partial charge in [-0.3, -0.25) is 4.72 Å². The van der Waals surface area contributed by atoms with E-state index in [1.54, 1.807) is 18.2 Å². The van der Waals surface area contributed by atoms with Crippen molar-refractivity contribution in [2.75, 3.05) is 4.72 Å². The van der Waals surface area contributed by atoms with Gasteiger partial charge in [-0.1, -0.05) is 18.2 Å². The van der Waals surface area contributed by atoms with Gasteiger partial charge in [-0.25, -0.2) is 12.8 Å². The maximum absolute atomic E-state index is 13.5. The van der Waals surface area contributed by atoms with Crippen LogP contribution in [-0.4, -0.2) is 8.42 Å². The molecule has 5 heteroatoms. The number of hydrogen-bond acceptors (Lipinski definition) is 2. The number of benzene rings is 2. The summed E-state index contributed by atoms with van der Waals surface area (Å²) in [6.45, 7) is 0. The van der Waals surface area contributed by atoms with E-state index >= 15 is 0 Å². The highest BCUT2D eigenvalue weighted by atomic mass is 32.2. The van der Waals surface area contributed by atoms with Gasteiger partial charge < -0.3 is 0 Å². The van der Waals surface area contributed by atoms with Crippen molar-refractivity contribution in [2.24, 2.45) is 0 Å². The van der Waals surface area contributed by atoms with Crippen LogP contribution >= 0.6 is 0 Å². The molecule has 0 aromatic heterocycles. The fraction of sp³-hybridized carbons (Fsp3) is 0.200. The van der Waals surface area contributed by atoms with Gasteiger partial charge in [0.2, 0.25) is 0 Å². The smallest absolute Gasteiger partial charge is 0.261 e. The van der Waals surface area contributed by atoms with E-state index in [9.17, 15) is 12.8 Å². The Balaban J connectivity index is 1.94. The Morgan fingerprint density at radius 2 is 1.75 bits per heavy atom. The fourth-order valence-electron chi connectivity index (χ4n) is 2.46. The zero-order chi connectivity index (χ0) is 14.2. The predicted octanol–water partition coefficient (Wildman–Crippen LogP) is 3.12. The summed E-state index contributed by atoms with van der Waals surface area (Å²) in [7, 11) is -3.75. The average Bonchev–Trinajstić information content (AvgIpc) is 2.88. The van der Waals surface area contributed by atoms with Crippen molar-refractivity contribution in [2.45, 2.75) is 24.2 Å². The van der Waals surface area contributed by atoms with Gasteiger partial charge >= 0.3 is 0 Å². The van der Waals surface area contributed by atoms with Gasteiger partial charge in [-0.2, -0.15) is 0 Å². The standard InChI is InChI=1S/C15H14FNO2S/c16-14-6-1-2-7-15(14)17-20(18,19)13-9-8-11-4-3-5-12(11)10-13/h1-2,6-10,17H,3-5H2. The third-order valence-corrected chi connectivity index (χ3v) is 4.86. The summed E-state index contributed by atoms with van der Waals surface area (Å²) < 4.78 is 40.4. The van der Waals surface area contributed by atoms with Crippen molar-refractivity contribution in [1.29, 1.82) is 0 Å². The Morgan fingerprint density at radius 1 is 1.00 bits per heavy atom. The molecule has 1 aliphatic rings. The van der Waals surface area contributed by atoms with E-state index in [2.05, 4.69) is 4.72 Å². The van der Waals surface area contributed by atoms with Crippen molar-refractivity contribution >= 4 is 15.7 Å². The number of hydrogen-bond donors (Lipinski definition) is 1. The molecule has 0 unspecified atom stereocenters. The van der Waals surface area contributed by atoms with E-state index in [1.165, 1.54) is 23.8 Å². The fourth-order valence-corrected chi connectivity index (χ4v) is 3.58. The molecule has 0 aliphatic heterocycles. The summed E-state index contributed by atoms with van der Waals surface area (Å²) in [5.74, 6) is -0.586. The number of fused-ring (bicyclic) bond motifs is 1. The van der Waals surface area contributed by atoms with Crippen molar-refractivity contribution in [3.8, 4) is 0 Å². The zero-order valence-corrected chi connectivity index (χ0v) is 11.6. The zero-order valence-electron chi connectivity index (χ0n) is 10.8. The molecule has 0 radical (unpaired) electrons. The first-order valence-corrected chi connectivity index (χ1v) is 7.94. The Hall–Kier alpha value is -1.88. The summed E-state index contributed by atoms with van der Waals surface area (Å²) in [5, 5.41) is 0. The first-order chi connectivity index (χ1) is 9.56. The summed E-state index contributed by atoms with van der Waals surface area (Å²) in [6, 6.07) is 10.8. The van der Waals surface area contributed by atoms with Crippen LogP contribution in [0.15, 0.2) is 47.4 Å². The predicted molar refractivity (Wildman–Crippen MR) is 75.7 cm³/mol. The molecule has 0 heterocycles. The lowest BCUT2D eigenvalue weighted by Crippen LogP contribution is -2.14. The van der Waals surface area contributed by atoms with Crippen LogP contribution in [0.25, 0.3) is 0 Å². The number of nitrogens with one attached hydrogen (secondary N) is 1. The maximum Gasteiger partial charge on any atom is 0.261 e. The second-order valence-electron chi connectivity index (χ2n) is 4.87. The molecular formula is C15H14FNO2S. The second kappa shape index (κ2) is 4.90. The molecule has 0 amide bonds. The van der Waals surface area contributed by atoms with E-state index < -0.39 is 15.8 Å². The molecule has 1 N–H and O–H groups in total. The van der Waals surface area contributed by atoms with Crippen molar-refractivity contribution in [3.63, 3.8) is 0 Å². The van der Waals surface area contributed by atoms with E-state index in [0.29, 0.717) is 0 Å². The monoisotopic (exact) mass is 291 g/mol. The summed E-state index contributed by atoms with van der Waals surface area (Å²) in [4.78, 5) is 0.182. The molecule has 0 saturated heterocycles. The molecule has 2 aromatic carbocycles. The molecule has 0 fully saturated rings. The quantitative estimate of drug-likeness (QED) is 0.944. The van der Waals surface area contributed by atoms with Gasteiger partial charge in [0.15, 0.2) is 0 Å². The van der Waals surface area contributed by atoms with Crippen LogP contribution in [0.4, 0.5) is 10.1 Å². The first-order valence-electron chi connectivity index (χ1n) is 6.45. The summed E-state index contributed by atoms with van der Waals surface area (Å²) in [5.41, 5.74) is 2.24. The molecule has 0 spiro atoms. The van der Waals surface area contributed by atoms with Gasteiger partial charge in [0.05, 0.1) is 10.6 Å². The average molecular weight is 291 g/mol. The van der Waals surface area contributed by atoms with Crippen molar-refractivity contribution < 1.29 is 12.8 Å². The van der Waals surface area contributed by atoms with E-state index in [4.69, 9.17) is 0 Å². The molecule has 0 atom stereocenters. The van der Waals surface area contributed by atoms with Crippen LogP contribution in [-0.2, 0) is 22.9 Å². The Morgan fingerprint density at radius 3 is 2.55 bits per heavy atom. The number of sulfonamides is 1. The second-order valence-corrected chi connectivity index (χ2v) is 6.55. The van der Waals surface area contributed by atoms with Crippen LogP contribution in [0, 0.1) is 5.82 Å². The number of rotatable bonds is 3. The number of halogens is 1. The molecule has 0 saturated carbocycles. The lowest BCUT2D eigenvalue weighted by Gasteiger charge is -2.10.